The Kier molecular flexibility index (Phi) is 12.9. The van der Waals surface area contributed by atoms with Crippen molar-refractivity contribution in [3.8, 4) is 0 Å². The molecule has 17 heteroatoms. The molecule has 0 unspecified atom stereocenters. The molecule has 20 atom stereocenters. The fraction of sp³-hybridized carbons (Fsp3) is 0.841. The van der Waals surface area contributed by atoms with E-state index in [4.69, 9.17) is 23.7 Å². The lowest BCUT2D eigenvalue weighted by molar-refractivity contribution is -0.375. The maximum absolute atomic E-state index is 15.0. The van der Waals surface area contributed by atoms with E-state index in [0.29, 0.717) is 6.42 Å². The van der Waals surface area contributed by atoms with Crippen LogP contribution in [0.15, 0.2) is 23.8 Å². The van der Waals surface area contributed by atoms with E-state index >= 15 is 0 Å². The number of allylic oxidation sites excluding steroid dienone is 1. The van der Waals surface area contributed by atoms with E-state index in [0.717, 1.165) is 11.6 Å². The molecule has 0 bridgehead atoms. The minimum Gasteiger partial charge on any atom is -0.456 e. The molecule has 0 aromatic carbocycles. The van der Waals surface area contributed by atoms with E-state index in [2.05, 4.69) is 0 Å². The quantitative estimate of drug-likeness (QED) is 0.0792. The van der Waals surface area contributed by atoms with Gasteiger partial charge in [0, 0.05) is 30.1 Å². The van der Waals surface area contributed by atoms with Gasteiger partial charge in [-0.1, -0.05) is 46.3 Å². The van der Waals surface area contributed by atoms with E-state index in [1.54, 1.807) is 13.8 Å². The lowest BCUT2D eigenvalue weighted by Gasteiger charge is -2.65. The summed E-state index contributed by atoms with van der Waals surface area (Å²) in [7, 11) is 0. The summed E-state index contributed by atoms with van der Waals surface area (Å²) in [5, 5.41) is 99.4. The van der Waals surface area contributed by atoms with Crippen molar-refractivity contribution in [3.05, 3.63) is 23.8 Å². The van der Waals surface area contributed by atoms with Crippen molar-refractivity contribution >= 4 is 17.5 Å². The van der Waals surface area contributed by atoms with Gasteiger partial charge >= 0.3 is 5.97 Å². The van der Waals surface area contributed by atoms with Gasteiger partial charge in [0.1, 0.15) is 59.7 Å². The fourth-order valence-electron chi connectivity index (χ4n) is 12.5. The first-order chi connectivity index (χ1) is 28.0. The summed E-state index contributed by atoms with van der Waals surface area (Å²) in [4.78, 5) is 40.3. The molecule has 2 saturated heterocycles. The van der Waals surface area contributed by atoms with E-state index < -0.39 is 143 Å². The second-order valence-corrected chi connectivity index (χ2v) is 20.6. The number of carbonyl (C=O) groups is 3. The molecule has 3 saturated carbocycles. The molecule has 6 aliphatic rings. The fourth-order valence-corrected chi connectivity index (χ4v) is 12.5. The van der Waals surface area contributed by atoms with Gasteiger partial charge in [-0.3, -0.25) is 14.4 Å². The monoisotopic (exact) mass is 868 g/mol. The molecule has 0 aromatic rings. The summed E-state index contributed by atoms with van der Waals surface area (Å²) in [6.45, 7) is 16.0. The summed E-state index contributed by atoms with van der Waals surface area (Å²) < 4.78 is 29.2. The van der Waals surface area contributed by atoms with E-state index in [-0.39, 0.29) is 31.0 Å². The Labute approximate surface area is 356 Å². The van der Waals surface area contributed by atoms with Crippen LogP contribution in [-0.2, 0) is 38.1 Å². The molecule has 4 aliphatic carbocycles. The van der Waals surface area contributed by atoms with Crippen molar-refractivity contribution < 1.29 is 84.0 Å². The van der Waals surface area contributed by atoms with Gasteiger partial charge in [0.2, 0.25) is 0 Å². The largest absolute Gasteiger partial charge is 0.456 e. The number of rotatable bonds is 10. The summed E-state index contributed by atoms with van der Waals surface area (Å²) in [5.41, 5.74) is -6.33. The number of aliphatic hydroxyl groups excluding tert-OH is 8. The zero-order valence-electron chi connectivity index (χ0n) is 36.8. The number of ketones is 2. The third-order valence-corrected chi connectivity index (χ3v) is 15.9. The van der Waals surface area contributed by atoms with Gasteiger partial charge in [-0.05, 0) is 81.8 Å². The molecule has 5 fully saturated rings. The van der Waals surface area contributed by atoms with Crippen LogP contribution < -0.4 is 0 Å². The first-order valence-corrected chi connectivity index (χ1v) is 21.4. The van der Waals surface area contributed by atoms with Gasteiger partial charge < -0.3 is 69.6 Å². The first kappa shape index (κ1) is 48.2. The summed E-state index contributed by atoms with van der Waals surface area (Å²) in [5.74, 6) is -3.32. The van der Waals surface area contributed by atoms with Crippen molar-refractivity contribution in [1.82, 2.24) is 0 Å². The van der Waals surface area contributed by atoms with E-state index in [1.165, 1.54) is 26.8 Å². The van der Waals surface area contributed by atoms with Crippen LogP contribution in [0.5, 0.6) is 0 Å². The minimum atomic E-state index is -2.10. The second kappa shape index (κ2) is 16.3. The predicted octanol–water partition coefficient (Wildman–Crippen LogP) is -0.0329. The van der Waals surface area contributed by atoms with Crippen LogP contribution in [0.1, 0.15) is 94.9 Å². The predicted molar refractivity (Wildman–Crippen MR) is 213 cm³/mol. The van der Waals surface area contributed by atoms with Crippen LogP contribution in [0.2, 0.25) is 0 Å². The number of esters is 1. The third kappa shape index (κ3) is 7.70. The van der Waals surface area contributed by atoms with Crippen molar-refractivity contribution in [3.63, 3.8) is 0 Å². The van der Waals surface area contributed by atoms with Gasteiger partial charge in [-0.15, -0.1) is 0 Å². The number of hydrogen-bond acceptors (Lipinski definition) is 17. The number of aliphatic hydroxyl groups is 9. The zero-order valence-corrected chi connectivity index (χ0v) is 36.8. The summed E-state index contributed by atoms with van der Waals surface area (Å²) in [6.07, 6.45) is -13.8. The average Bonchev–Trinajstić information content (AvgIpc) is 3.36. The van der Waals surface area contributed by atoms with Gasteiger partial charge in [0.25, 0.3) is 0 Å². The highest BCUT2D eigenvalue weighted by Gasteiger charge is 2.75. The Balaban J connectivity index is 1.29. The van der Waals surface area contributed by atoms with Crippen LogP contribution >= 0.6 is 0 Å². The van der Waals surface area contributed by atoms with E-state index in [9.17, 15) is 60.3 Å². The smallest absolute Gasteiger partial charge is 0.303 e. The molecule has 0 aromatic heterocycles. The van der Waals surface area contributed by atoms with Crippen LogP contribution in [-0.4, -0.2) is 161 Å². The van der Waals surface area contributed by atoms with Gasteiger partial charge in [-0.25, -0.2) is 0 Å². The van der Waals surface area contributed by atoms with Crippen LogP contribution in [0.4, 0.5) is 0 Å². The SMILES string of the molecule is CC(=O)OC(C)(C)/C=C/C(=O)[C@](C)(O)[C@H]1[C@H](O)C[C@@]2(C)[C@@H]3CC=C4[C@@H](C[C@H](O)[C@@H](O[C@@H]5O[C@H](CO)[C@@H](O)[C@H](O)[C@H]5O[C@H]5O[C@H](C)[C@@H](O)[C@H](O)[C@@H]5O)C4(C)C)[C@]3(C)C(=O)C[C@]12C. The van der Waals surface area contributed by atoms with Crippen LogP contribution in [0, 0.1) is 39.4 Å². The zero-order chi connectivity index (χ0) is 45.7. The summed E-state index contributed by atoms with van der Waals surface area (Å²) in [6, 6.07) is 0. The maximum Gasteiger partial charge on any atom is 0.303 e. The van der Waals surface area contributed by atoms with Gasteiger partial charge in [-0.2, -0.15) is 0 Å². The average molecular weight is 869 g/mol. The lowest BCUT2D eigenvalue weighted by atomic mass is 9.38. The molecule has 0 radical (unpaired) electrons. The molecule has 2 aliphatic heterocycles. The molecule has 61 heavy (non-hydrogen) atoms. The van der Waals surface area contributed by atoms with Crippen LogP contribution in [0.3, 0.4) is 0 Å². The molecule has 17 nitrogen and oxygen atoms in total. The van der Waals surface area contributed by atoms with Gasteiger partial charge in [0.15, 0.2) is 18.4 Å². The number of hydrogen-bond donors (Lipinski definition) is 9. The van der Waals surface area contributed by atoms with Gasteiger partial charge in [0.05, 0.1) is 31.0 Å². The highest BCUT2D eigenvalue weighted by atomic mass is 16.8. The van der Waals surface area contributed by atoms with Crippen LogP contribution in [0.25, 0.3) is 0 Å². The Hall–Kier alpha value is -2.23. The second-order valence-electron chi connectivity index (χ2n) is 20.6. The molecule has 9 N–H and O–H groups in total. The molecule has 346 valence electrons. The Morgan fingerprint density at radius 3 is 2.11 bits per heavy atom. The highest BCUT2D eigenvalue weighted by molar-refractivity contribution is 5.97. The number of carbonyl (C=O) groups excluding carboxylic acids is 3. The molecule has 0 amide bonds. The lowest BCUT2D eigenvalue weighted by Crippen LogP contribution is -2.67. The summed E-state index contributed by atoms with van der Waals surface area (Å²) >= 11 is 0. The van der Waals surface area contributed by atoms with Crippen molar-refractivity contribution in [2.75, 3.05) is 6.61 Å². The highest BCUT2D eigenvalue weighted by Crippen LogP contribution is 2.74. The third-order valence-electron chi connectivity index (χ3n) is 15.9. The topological polar surface area (TPSA) is 279 Å². The number of ether oxygens (including phenoxy) is 5. The van der Waals surface area contributed by atoms with Crippen molar-refractivity contribution in [1.29, 1.82) is 0 Å². The number of Topliss-reactive ketones (excluding diaryl/α,β-unsaturated/α-hetero) is 1. The van der Waals surface area contributed by atoms with Crippen molar-refractivity contribution in [2.24, 2.45) is 39.4 Å². The molecule has 2 heterocycles. The van der Waals surface area contributed by atoms with Crippen molar-refractivity contribution in [2.45, 2.75) is 186 Å². The standard InChI is InChI=1S/C44H68O17/c1-19-29(51)31(53)33(55)37(57-19)59-34-32(54)30(52)25(18-45)58-38(34)60-36-23(47)15-22-21(40(36,5)6)11-12-26-41(7)16-24(48)35(42(41,8)17-28(50)43(22,26)9)44(10,56)27(49)13-14-39(3,4)61-20(2)46/h11,13-14,19,22-26,29-38,45,47-48,51-56H,12,15-18H2,1-10H3/b14-13+/t19-,22-,23+,24-,25-,26+,29-,30-,31+,32+,33+,34-,35+,36-,37-,38+,41+,42-,43+,44+/m1/s1. The minimum absolute atomic E-state index is 0.0510. The molecule has 6 rings (SSSR count). The molecular weight excluding hydrogens is 800 g/mol. The Bertz CT molecular complexity index is 1760. The maximum atomic E-state index is 15.0. The molecule has 0 spiro atoms. The normalized spacial score (nSPS) is 48.4. The molecular formula is C44H68O17. The number of fused-ring (bicyclic) bond motifs is 5. The Morgan fingerprint density at radius 2 is 1.51 bits per heavy atom. The van der Waals surface area contributed by atoms with E-state index in [1.807, 2.05) is 40.7 Å². The Morgan fingerprint density at radius 1 is 0.869 bits per heavy atom. The first-order valence-electron chi connectivity index (χ1n) is 21.4.